The summed E-state index contributed by atoms with van der Waals surface area (Å²) in [5, 5.41) is 6.17. The molecular formula is C40H24O. The first-order chi connectivity index (χ1) is 23.7. The standard InChI is InChI=1S/C40H24O/c1-2-11-26-22-29(21-20-25(26)10-1)38-30-14-5-7-16-32(30)39(33-17-8-6-15-31(33)38)35-19-9-18-34-36-23-27-12-3-4-13-28(27)24-37(36)41-40(34)35/h1-24H/i5D,6D,7D,8D,14D,15D,16D,17D. The first-order valence-electron chi connectivity index (χ1n) is 17.4. The molecule has 0 bridgehead atoms. The molecule has 0 unspecified atom stereocenters. The summed E-state index contributed by atoms with van der Waals surface area (Å²) in [7, 11) is 0. The van der Waals surface area contributed by atoms with E-state index >= 15 is 0 Å². The molecule has 0 amide bonds. The molecule has 0 aliphatic rings. The van der Waals surface area contributed by atoms with Crippen molar-refractivity contribution in [1.29, 1.82) is 0 Å². The predicted octanol–water partition coefficient (Wildman–Crippen LogP) is 11.5. The topological polar surface area (TPSA) is 13.1 Å². The summed E-state index contributed by atoms with van der Waals surface area (Å²) in [6, 6.07) is 28.0. The number of benzene rings is 8. The maximum atomic E-state index is 9.30. The SMILES string of the molecule is [2H]c1c([2H])c([2H])c2c(-c3cccc4c3oc3cc5ccccc5cc34)c3c([2H])c([2H])c([2H])c([2H])c3c(-c3ccc4ccccc4c3)c2c1[2H]. The van der Waals surface area contributed by atoms with E-state index in [2.05, 4.69) is 6.07 Å². The molecule has 0 aliphatic heterocycles. The van der Waals surface area contributed by atoms with Gasteiger partial charge >= 0.3 is 0 Å². The number of hydrogen-bond acceptors (Lipinski definition) is 1. The van der Waals surface area contributed by atoms with Gasteiger partial charge in [-0.25, -0.2) is 0 Å². The van der Waals surface area contributed by atoms with E-state index in [1.807, 2.05) is 84.9 Å². The van der Waals surface area contributed by atoms with Crippen LogP contribution in [0, 0.1) is 0 Å². The van der Waals surface area contributed by atoms with Crippen molar-refractivity contribution in [2.24, 2.45) is 0 Å². The smallest absolute Gasteiger partial charge is 0.143 e. The highest BCUT2D eigenvalue weighted by molar-refractivity contribution is 6.24. The Kier molecular flexibility index (Phi) is 3.34. The molecular weight excluding hydrogens is 496 g/mol. The number of rotatable bonds is 2. The maximum absolute atomic E-state index is 9.30. The third-order valence-corrected chi connectivity index (χ3v) is 8.05. The Morgan fingerprint density at radius 3 is 1.71 bits per heavy atom. The lowest BCUT2D eigenvalue weighted by Gasteiger charge is -2.18. The van der Waals surface area contributed by atoms with Gasteiger partial charge in [-0.15, -0.1) is 0 Å². The van der Waals surface area contributed by atoms with Crippen LogP contribution in [-0.4, -0.2) is 0 Å². The highest BCUT2D eigenvalue weighted by Crippen LogP contribution is 2.46. The number of para-hydroxylation sites is 1. The number of furan rings is 1. The summed E-state index contributed by atoms with van der Waals surface area (Å²) in [4.78, 5) is 0. The lowest BCUT2D eigenvalue weighted by Crippen LogP contribution is -1.91. The van der Waals surface area contributed by atoms with Gasteiger partial charge in [0.15, 0.2) is 0 Å². The molecule has 0 N–H and O–H groups in total. The van der Waals surface area contributed by atoms with Crippen molar-refractivity contribution in [1.82, 2.24) is 0 Å². The van der Waals surface area contributed by atoms with Crippen LogP contribution in [-0.2, 0) is 0 Å². The molecule has 1 nitrogen and oxygen atoms in total. The van der Waals surface area contributed by atoms with Gasteiger partial charge in [0.25, 0.3) is 0 Å². The predicted molar refractivity (Wildman–Crippen MR) is 175 cm³/mol. The maximum Gasteiger partial charge on any atom is 0.143 e. The van der Waals surface area contributed by atoms with Gasteiger partial charge in [-0.1, -0.05) is 127 Å². The van der Waals surface area contributed by atoms with Crippen molar-refractivity contribution in [3.8, 4) is 22.3 Å². The number of hydrogen-bond donors (Lipinski definition) is 0. The normalized spacial score (nSPS) is 14.6. The van der Waals surface area contributed by atoms with Crippen molar-refractivity contribution >= 4 is 65.0 Å². The van der Waals surface area contributed by atoms with Crippen LogP contribution < -0.4 is 0 Å². The molecule has 9 aromatic rings. The average Bonchev–Trinajstić information content (AvgIpc) is 3.49. The second-order valence-corrected chi connectivity index (χ2v) is 10.3. The Bertz CT molecular complexity index is 2850. The minimum atomic E-state index is -0.438. The van der Waals surface area contributed by atoms with Gasteiger partial charge in [0.2, 0.25) is 0 Å². The average molecular weight is 529 g/mol. The van der Waals surface area contributed by atoms with Gasteiger partial charge < -0.3 is 4.42 Å². The molecule has 1 aromatic heterocycles. The van der Waals surface area contributed by atoms with Gasteiger partial charge in [0, 0.05) is 21.9 Å². The highest BCUT2D eigenvalue weighted by atomic mass is 16.3. The molecule has 0 atom stereocenters. The summed E-state index contributed by atoms with van der Waals surface area (Å²) in [5.41, 5.74) is 2.71. The van der Waals surface area contributed by atoms with E-state index < -0.39 is 24.2 Å². The van der Waals surface area contributed by atoms with Gasteiger partial charge in [-0.05, 0) is 72.4 Å². The van der Waals surface area contributed by atoms with Crippen molar-refractivity contribution in [3.05, 3.63) is 145 Å². The van der Waals surface area contributed by atoms with E-state index in [9.17, 15) is 5.48 Å². The number of fused-ring (bicyclic) bond motifs is 7. The Hall–Kier alpha value is -5.40. The second kappa shape index (κ2) is 8.55. The van der Waals surface area contributed by atoms with E-state index in [1.165, 1.54) is 0 Å². The Morgan fingerprint density at radius 1 is 0.439 bits per heavy atom. The van der Waals surface area contributed by atoms with Crippen LogP contribution in [0.4, 0.5) is 0 Å². The Labute approximate surface area is 248 Å². The van der Waals surface area contributed by atoms with Crippen LogP contribution in [0.15, 0.2) is 150 Å². The summed E-state index contributed by atoms with van der Waals surface area (Å²) in [5.74, 6) is 0. The van der Waals surface area contributed by atoms with Crippen LogP contribution >= 0.6 is 0 Å². The molecule has 0 saturated heterocycles. The minimum absolute atomic E-state index is 0.157. The first-order valence-corrected chi connectivity index (χ1v) is 13.4. The molecule has 0 radical (unpaired) electrons. The fourth-order valence-electron chi connectivity index (χ4n) is 6.21. The van der Waals surface area contributed by atoms with Gasteiger partial charge in [-0.3, -0.25) is 0 Å². The zero-order valence-corrected chi connectivity index (χ0v) is 21.6. The Balaban J connectivity index is 1.55. The lowest BCUT2D eigenvalue weighted by molar-refractivity contribution is 0.670. The quantitative estimate of drug-likeness (QED) is 0.203. The molecule has 0 aliphatic carbocycles. The molecule has 9 rings (SSSR count). The summed E-state index contributed by atoms with van der Waals surface area (Å²) >= 11 is 0. The molecule has 1 heterocycles. The highest BCUT2D eigenvalue weighted by Gasteiger charge is 2.20. The zero-order valence-electron chi connectivity index (χ0n) is 29.6. The molecule has 190 valence electrons. The minimum Gasteiger partial charge on any atom is -0.455 e. The first kappa shape index (κ1) is 16.0. The lowest BCUT2D eigenvalue weighted by atomic mass is 9.85. The third-order valence-electron chi connectivity index (χ3n) is 8.05. The molecule has 0 fully saturated rings. The van der Waals surface area contributed by atoms with E-state index in [4.69, 9.17) is 9.90 Å². The third kappa shape index (κ3) is 3.30. The van der Waals surface area contributed by atoms with Crippen LogP contribution in [0.25, 0.3) is 87.3 Å². The van der Waals surface area contributed by atoms with Crippen molar-refractivity contribution < 1.29 is 15.4 Å². The largest absolute Gasteiger partial charge is 0.455 e. The van der Waals surface area contributed by atoms with Crippen molar-refractivity contribution in [2.45, 2.75) is 0 Å². The molecule has 8 aromatic carbocycles. The van der Waals surface area contributed by atoms with E-state index in [-0.39, 0.29) is 51.3 Å². The fourth-order valence-corrected chi connectivity index (χ4v) is 6.21. The van der Waals surface area contributed by atoms with Crippen molar-refractivity contribution in [3.63, 3.8) is 0 Å². The van der Waals surface area contributed by atoms with E-state index in [0.29, 0.717) is 27.9 Å². The molecule has 0 saturated carbocycles. The molecule has 41 heavy (non-hydrogen) atoms. The van der Waals surface area contributed by atoms with E-state index in [1.54, 1.807) is 6.07 Å². The second-order valence-electron chi connectivity index (χ2n) is 10.3. The zero-order chi connectivity index (χ0) is 33.9. The van der Waals surface area contributed by atoms with E-state index in [0.717, 1.165) is 32.3 Å². The van der Waals surface area contributed by atoms with Gasteiger partial charge in [-0.2, -0.15) is 0 Å². The van der Waals surface area contributed by atoms with Crippen LogP contribution in [0.5, 0.6) is 0 Å². The molecule has 0 spiro atoms. The fraction of sp³-hybridized carbons (Fsp3) is 0. The van der Waals surface area contributed by atoms with Crippen LogP contribution in [0.2, 0.25) is 0 Å². The summed E-state index contributed by atoms with van der Waals surface area (Å²) in [6.07, 6.45) is 0. The monoisotopic (exact) mass is 528 g/mol. The van der Waals surface area contributed by atoms with Crippen LogP contribution in [0.3, 0.4) is 0 Å². The summed E-state index contributed by atoms with van der Waals surface area (Å²) in [6.45, 7) is 0. The van der Waals surface area contributed by atoms with Crippen molar-refractivity contribution in [2.75, 3.05) is 0 Å². The van der Waals surface area contributed by atoms with Gasteiger partial charge in [0.05, 0.1) is 11.0 Å². The van der Waals surface area contributed by atoms with Gasteiger partial charge in [0.1, 0.15) is 11.2 Å². The molecule has 1 heteroatoms. The Morgan fingerprint density at radius 2 is 1.02 bits per heavy atom. The van der Waals surface area contributed by atoms with Crippen LogP contribution in [0.1, 0.15) is 11.0 Å². The summed E-state index contributed by atoms with van der Waals surface area (Å²) < 4.78 is 78.6.